The summed E-state index contributed by atoms with van der Waals surface area (Å²) in [5, 5.41) is 9.26. The van der Waals surface area contributed by atoms with Gasteiger partial charge in [0, 0.05) is 17.6 Å². The van der Waals surface area contributed by atoms with E-state index in [0.29, 0.717) is 10.2 Å². The molecule has 2 rings (SSSR count). The molecule has 0 N–H and O–H groups in total. The number of esters is 1. The number of methoxy groups -OCH3 is 1. The van der Waals surface area contributed by atoms with E-state index in [-0.39, 0.29) is 11.2 Å². The second-order valence-corrected chi connectivity index (χ2v) is 5.90. The molecule has 0 radical (unpaired) electrons. The van der Waals surface area contributed by atoms with Crippen LogP contribution in [0.25, 0.3) is 11.4 Å². The van der Waals surface area contributed by atoms with Gasteiger partial charge in [-0.15, -0.1) is 10.2 Å². The zero-order valence-electron chi connectivity index (χ0n) is 11.3. The smallest absolute Gasteiger partial charge is 0.318 e. The summed E-state index contributed by atoms with van der Waals surface area (Å²) in [4.78, 5) is 11.4. The largest absolute Gasteiger partial charge is 0.468 e. The third kappa shape index (κ3) is 3.13. The molecule has 1 heterocycles. The summed E-state index contributed by atoms with van der Waals surface area (Å²) in [5.41, 5.74) is 0.918. The van der Waals surface area contributed by atoms with Gasteiger partial charge >= 0.3 is 5.97 Å². The number of aromatic nitrogens is 3. The third-order valence-electron chi connectivity index (χ3n) is 2.75. The average Bonchev–Trinajstić information content (AvgIpc) is 2.80. The second-order valence-electron chi connectivity index (χ2n) is 4.16. The summed E-state index contributed by atoms with van der Waals surface area (Å²) in [6.45, 7) is 1.77. The summed E-state index contributed by atoms with van der Waals surface area (Å²) in [5.74, 6) is 0.437. The number of ether oxygens (including phenoxy) is 1. The first-order valence-electron chi connectivity index (χ1n) is 5.92. The number of carbonyl (C=O) groups excluding carboxylic acids is 1. The van der Waals surface area contributed by atoms with Crippen LogP contribution in [0.4, 0.5) is 0 Å². The van der Waals surface area contributed by atoms with Gasteiger partial charge in [0.05, 0.1) is 7.11 Å². The van der Waals surface area contributed by atoms with Crippen LogP contribution in [0, 0.1) is 0 Å². The Morgan fingerprint density at radius 1 is 1.35 bits per heavy atom. The second kappa shape index (κ2) is 6.28. The van der Waals surface area contributed by atoms with Crippen LogP contribution in [0.15, 0.2) is 29.4 Å². The quantitative estimate of drug-likeness (QED) is 0.642. The Bertz CT molecular complexity index is 613. The van der Waals surface area contributed by atoms with Crippen LogP contribution >= 0.6 is 23.4 Å². The van der Waals surface area contributed by atoms with Crippen molar-refractivity contribution in [2.45, 2.75) is 17.3 Å². The lowest BCUT2D eigenvalue weighted by Gasteiger charge is -2.08. The van der Waals surface area contributed by atoms with Gasteiger partial charge in [-0.25, -0.2) is 0 Å². The third-order valence-corrected chi connectivity index (χ3v) is 4.12. The molecule has 1 aromatic heterocycles. The Morgan fingerprint density at radius 3 is 2.60 bits per heavy atom. The van der Waals surface area contributed by atoms with Crippen LogP contribution in [0.5, 0.6) is 0 Å². The summed E-state index contributed by atoms with van der Waals surface area (Å²) in [6.07, 6.45) is 0. The summed E-state index contributed by atoms with van der Waals surface area (Å²) >= 11 is 7.18. The Kier molecular flexibility index (Phi) is 4.67. The Morgan fingerprint density at radius 2 is 2.00 bits per heavy atom. The van der Waals surface area contributed by atoms with Gasteiger partial charge in [-0.2, -0.15) is 0 Å². The molecule has 1 atom stereocenters. The van der Waals surface area contributed by atoms with Gasteiger partial charge in [-0.1, -0.05) is 23.4 Å². The number of carbonyl (C=O) groups is 1. The van der Waals surface area contributed by atoms with Gasteiger partial charge in [0.25, 0.3) is 0 Å². The van der Waals surface area contributed by atoms with E-state index < -0.39 is 0 Å². The molecule has 1 unspecified atom stereocenters. The highest BCUT2D eigenvalue weighted by Crippen LogP contribution is 2.26. The number of hydrogen-bond acceptors (Lipinski definition) is 5. The van der Waals surface area contributed by atoms with Gasteiger partial charge < -0.3 is 9.30 Å². The molecular weight excluding hydrogens is 298 g/mol. The number of halogens is 1. The van der Waals surface area contributed by atoms with Crippen LogP contribution in [0.1, 0.15) is 6.92 Å². The molecule has 0 fully saturated rings. The van der Waals surface area contributed by atoms with Gasteiger partial charge in [-0.05, 0) is 31.2 Å². The lowest BCUT2D eigenvalue weighted by atomic mass is 10.2. The zero-order valence-corrected chi connectivity index (χ0v) is 12.9. The molecule has 0 spiro atoms. The standard InChI is InChI=1S/C13H14ClN3O2S/c1-8(12(18)19-3)20-13-16-15-11(17(13)2)9-4-6-10(14)7-5-9/h4-8H,1-3H3. The number of hydrogen-bond donors (Lipinski definition) is 0. The molecule has 0 saturated carbocycles. The minimum absolute atomic E-state index is 0.286. The molecule has 20 heavy (non-hydrogen) atoms. The lowest BCUT2D eigenvalue weighted by molar-refractivity contribution is -0.139. The first kappa shape index (κ1) is 14.9. The minimum atomic E-state index is -0.332. The van der Waals surface area contributed by atoms with E-state index in [1.807, 2.05) is 23.7 Å². The number of thioether (sulfide) groups is 1. The maximum absolute atomic E-state index is 11.4. The molecule has 0 aliphatic heterocycles. The van der Waals surface area contributed by atoms with Crippen LogP contribution < -0.4 is 0 Å². The fraction of sp³-hybridized carbons (Fsp3) is 0.308. The lowest BCUT2D eigenvalue weighted by Crippen LogP contribution is -2.15. The van der Waals surface area contributed by atoms with Crippen LogP contribution in [-0.2, 0) is 16.6 Å². The topological polar surface area (TPSA) is 57.0 Å². The van der Waals surface area contributed by atoms with Crippen LogP contribution in [-0.4, -0.2) is 33.1 Å². The van der Waals surface area contributed by atoms with E-state index in [4.69, 9.17) is 16.3 Å². The molecular formula is C13H14ClN3O2S. The van der Waals surface area contributed by atoms with Crippen molar-refractivity contribution in [3.8, 4) is 11.4 Å². The maximum Gasteiger partial charge on any atom is 0.318 e. The molecule has 106 valence electrons. The van der Waals surface area contributed by atoms with E-state index in [1.165, 1.54) is 18.9 Å². The number of benzene rings is 1. The van der Waals surface area contributed by atoms with Gasteiger partial charge in [0.2, 0.25) is 0 Å². The van der Waals surface area contributed by atoms with Gasteiger partial charge in [0.1, 0.15) is 5.25 Å². The van der Waals surface area contributed by atoms with Crippen molar-refractivity contribution in [2.75, 3.05) is 7.11 Å². The highest BCUT2D eigenvalue weighted by atomic mass is 35.5. The summed E-state index contributed by atoms with van der Waals surface area (Å²) in [7, 11) is 3.23. The minimum Gasteiger partial charge on any atom is -0.468 e. The molecule has 5 nitrogen and oxygen atoms in total. The van der Waals surface area contributed by atoms with Crippen LogP contribution in [0.3, 0.4) is 0 Å². The predicted molar refractivity (Wildman–Crippen MR) is 78.8 cm³/mol. The first-order chi connectivity index (χ1) is 9.52. The van der Waals surface area contributed by atoms with Crippen molar-refractivity contribution in [2.24, 2.45) is 7.05 Å². The van der Waals surface area contributed by atoms with Crippen LogP contribution in [0.2, 0.25) is 5.02 Å². The van der Waals surface area contributed by atoms with Crippen molar-refractivity contribution in [3.63, 3.8) is 0 Å². The van der Waals surface area contributed by atoms with Crippen molar-refractivity contribution < 1.29 is 9.53 Å². The SMILES string of the molecule is COC(=O)C(C)Sc1nnc(-c2ccc(Cl)cc2)n1C. The highest BCUT2D eigenvalue weighted by molar-refractivity contribution is 8.00. The van der Waals surface area contributed by atoms with Gasteiger partial charge in [-0.3, -0.25) is 4.79 Å². The van der Waals surface area contributed by atoms with Crippen molar-refractivity contribution >= 4 is 29.3 Å². The first-order valence-corrected chi connectivity index (χ1v) is 7.18. The summed E-state index contributed by atoms with van der Waals surface area (Å²) in [6, 6.07) is 7.36. The Labute approximate surface area is 126 Å². The fourth-order valence-electron chi connectivity index (χ4n) is 1.64. The van der Waals surface area contributed by atoms with E-state index >= 15 is 0 Å². The maximum atomic E-state index is 11.4. The Balaban J connectivity index is 2.23. The van der Waals surface area contributed by atoms with E-state index in [2.05, 4.69) is 10.2 Å². The molecule has 0 saturated heterocycles. The molecule has 0 bridgehead atoms. The molecule has 0 aliphatic carbocycles. The molecule has 0 amide bonds. The van der Waals surface area contributed by atoms with Crippen molar-refractivity contribution in [1.29, 1.82) is 0 Å². The van der Waals surface area contributed by atoms with E-state index in [1.54, 1.807) is 19.1 Å². The summed E-state index contributed by atoms with van der Waals surface area (Å²) < 4.78 is 6.54. The van der Waals surface area contributed by atoms with E-state index in [9.17, 15) is 4.79 Å². The molecule has 1 aromatic carbocycles. The molecule has 2 aromatic rings. The molecule has 0 aliphatic rings. The van der Waals surface area contributed by atoms with E-state index in [0.717, 1.165) is 11.4 Å². The van der Waals surface area contributed by atoms with Crippen molar-refractivity contribution in [3.05, 3.63) is 29.3 Å². The molecule has 7 heteroatoms. The normalized spacial score (nSPS) is 12.2. The monoisotopic (exact) mass is 311 g/mol. The average molecular weight is 312 g/mol. The predicted octanol–water partition coefficient (Wildman–Crippen LogP) is 2.79. The zero-order chi connectivity index (χ0) is 14.7. The fourth-order valence-corrected chi connectivity index (χ4v) is 2.61. The number of nitrogens with zero attached hydrogens (tertiary/aromatic N) is 3. The highest BCUT2D eigenvalue weighted by Gasteiger charge is 2.19. The number of rotatable bonds is 4. The van der Waals surface area contributed by atoms with Gasteiger partial charge in [0.15, 0.2) is 11.0 Å². The van der Waals surface area contributed by atoms with Crippen molar-refractivity contribution in [1.82, 2.24) is 14.8 Å². The Hall–Kier alpha value is -1.53.